The van der Waals surface area contributed by atoms with Crippen LogP contribution in [0.15, 0.2) is 49.1 Å². The second-order valence-electron chi connectivity index (χ2n) is 7.56. The van der Waals surface area contributed by atoms with Gasteiger partial charge in [0.1, 0.15) is 0 Å². The van der Waals surface area contributed by atoms with E-state index >= 15 is 0 Å². The molecule has 2 atom stereocenters. The second kappa shape index (κ2) is 13.6. The summed E-state index contributed by atoms with van der Waals surface area (Å²) < 4.78 is 3.25. The molecule has 0 bridgehead atoms. The standard InChI is InChI=1S/C10H14.C7H12N2.C6H16N/c1-3-9(2)10-7-5-4-6-8-10;1-3-7(2)9-5-4-8-6-9;1-5-7(3,4)6-2/h4-9H,3H2,1-2H3;4-7H,3H2,1-2H3;5-6H2,1-4H3/q;;+1. The van der Waals surface area contributed by atoms with Gasteiger partial charge < -0.3 is 9.05 Å². The summed E-state index contributed by atoms with van der Waals surface area (Å²) >= 11 is 0. The molecule has 0 fully saturated rings. The van der Waals surface area contributed by atoms with Gasteiger partial charge in [0, 0.05) is 18.4 Å². The Morgan fingerprint density at radius 3 is 1.85 bits per heavy atom. The summed E-state index contributed by atoms with van der Waals surface area (Å²) in [5.74, 6) is 0.709. The number of nitrogens with zero attached hydrogens (tertiary/aromatic N) is 3. The molecule has 1 aromatic carbocycles. The number of hydrogen-bond donors (Lipinski definition) is 0. The fourth-order valence-electron chi connectivity index (χ4n) is 1.98. The average molecular weight is 361 g/mol. The summed E-state index contributed by atoms with van der Waals surface area (Å²) in [4.78, 5) is 3.95. The van der Waals surface area contributed by atoms with E-state index in [0.29, 0.717) is 12.0 Å². The molecule has 0 saturated heterocycles. The van der Waals surface area contributed by atoms with Gasteiger partial charge in [-0.1, -0.05) is 51.1 Å². The third-order valence-corrected chi connectivity index (χ3v) is 5.32. The predicted octanol–water partition coefficient (Wildman–Crippen LogP) is 6.16. The SMILES string of the molecule is CCC(C)c1ccccc1.CCC(C)n1ccnc1.CC[N+](C)(C)CC. The zero-order valence-corrected chi connectivity index (χ0v) is 18.4. The van der Waals surface area contributed by atoms with Crippen LogP contribution < -0.4 is 0 Å². The molecule has 2 rings (SSSR count). The van der Waals surface area contributed by atoms with Gasteiger partial charge in [0.2, 0.25) is 0 Å². The summed E-state index contributed by atoms with van der Waals surface area (Å²) in [6, 6.07) is 11.2. The van der Waals surface area contributed by atoms with Crippen LogP contribution in [0, 0.1) is 0 Å². The Balaban J connectivity index is 0.000000368. The topological polar surface area (TPSA) is 17.8 Å². The van der Waals surface area contributed by atoms with Gasteiger partial charge in [-0.15, -0.1) is 0 Å². The Hall–Kier alpha value is -1.61. The van der Waals surface area contributed by atoms with Crippen LogP contribution in [0.3, 0.4) is 0 Å². The van der Waals surface area contributed by atoms with Crippen LogP contribution >= 0.6 is 0 Å². The molecule has 1 aromatic heterocycles. The first-order chi connectivity index (χ1) is 12.3. The lowest BCUT2D eigenvalue weighted by molar-refractivity contribution is -0.886. The maximum absolute atomic E-state index is 3.95. The van der Waals surface area contributed by atoms with Crippen molar-refractivity contribution in [3.8, 4) is 0 Å². The van der Waals surface area contributed by atoms with Crippen LogP contribution in [0.5, 0.6) is 0 Å². The van der Waals surface area contributed by atoms with Crippen molar-refractivity contribution >= 4 is 0 Å². The van der Waals surface area contributed by atoms with Crippen molar-refractivity contribution in [2.45, 2.75) is 66.3 Å². The minimum absolute atomic E-state index is 0.590. The van der Waals surface area contributed by atoms with Crippen molar-refractivity contribution in [3.63, 3.8) is 0 Å². The first-order valence-electron chi connectivity index (χ1n) is 10.2. The smallest absolute Gasteiger partial charge is 0.0948 e. The van der Waals surface area contributed by atoms with E-state index in [1.165, 1.54) is 25.1 Å². The van der Waals surface area contributed by atoms with E-state index in [9.17, 15) is 0 Å². The lowest BCUT2D eigenvalue weighted by Crippen LogP contribution is -2.38. The predicted molar refractivity (Wildman–Crippen MR) is 116 cm³/mol. The monoisotopic (exact) mass is 360 g/mol. The Kier molecular flexibility index (Phi) is 12.7. The van der Waals surface area contributed by atoms with Gasteiger partial charge in [0.05, 0.1) is 33.5 Å². The third-order valence-electron chi connectivity index (χ3n) is 5.32. The van der Waals surface area contributed by atoms with E-state index in [1.807, 2.05) is 18.7 Å². The fraction of sp³-hybridized carbons (Fsp3) is 0.609. The lowest BCUT2D eigenvalue weighted by Gasteiger charge is -2.25. The Labute approximate surface area is 162 Å². The van der Waals surface area contributed by atoms with E-state index in [4.69, 9.17) is 0 Å². The summed E-state index contributed by atoms with van der Waals surface area (Å²) in [5, 5.41) is 0. The fourth-order valence-corrected chi connectivity index (χ4v) is 1.98. The lowest BCUT2D eigenvalue weighted by atomic mass is 9.99. The van der Waals surface area contributed by atoms with Crippen molar-refractivity contribution in [2.75, 3.05) is 27.2 Å². The summed E-state index contributed by atoms with van der Waals surface area (Å²) in [6.45, 7) is 15.7. The van der Waals surface area contributed by atoms with Crippen LogP contribution in [0.2, 0.25) is 0 Å². The second-order valence-corrected chi connectivity index (χ2v) is 7.56. The van der Waals surface area contributed by atoms with Crippen molar-refractivity contribution in [2.24, 2.45) is 0 Å². The van der Waals surface area contributed by atoms with Crippen LogP contribution in [0.4, 0.5) is 0 Å². The Morgan fingerprint density at radius 1 is 0.923 bits per heavy atom. The van der Waals surface area contributed by atoms with E-state index < -0.39 is 0 Å². The van der Waals surface area contributed by atoms with E-state index in [-0.39, 0.29) is 0 Å². The highest BCUT2D eigenvalue weighted by Gasteiger charge is 2.04. The first kappa shape index (κ1) is 24.4. The molecule has 0 aliphatic heterocycles. The molecule has 0 spiro atoms. The molecule has 1 heterocycles. The van der Waals surface area contributed by atoms with Crippen LogP contribution in [0.25, 0.3) is 0 Å². The van der Waals surface area contributed by atoms with E-state index in [1.54, 1.807) is 0 Å². The molecule has 26 heavy (non-hydrogen) atoms. The number of hydrogen-bond acceptors (Lipinski definition) is 1. The third kappa shape index (κ3) is 10.4. The largest absolute Gasteiger partial charge is 0.335 e. The average Bonchev–Trinajstić information content (AvgIpc) is 3.23. The van der Waals surface area contributed by atoms with Gasteiger partial charge in [0.15, 0.2) is 0 Å². The van der Waals surface area contributed by atoms with Crippen LogP contribution in [-0.4, -0.2) is 41.2 Å². The van der Waals surface area contributed by atoms with Crippen LogP contribution in [0.1, 0.15) is 71.9 Å². The molecular weight excluding hydrogens is 318 g/mol. The normalized spacial score (nSPS) is 12.9. The highest BCUT2D eigenvalue weighted by molar-refractivity contribution is 5.18. The van der Waals surface area contributed by atoms with E-state index in [0.717, 1.165) is 10.9 Å². The quantitative estimate of drug-likeness (QED) is 0.564. The van der Waals surface area contributed by atoms with Crippen molar-refractivity contribution in [1.82, 2.24) is 9.55 Å². The molecule has 0 amide bonds. The van der Waals surface area contributed by atoms with Gasteiger partial charge in [0.25, 0.3) is 0 Å². The molecule has 3 nitrogen and oxygen atoms in total. The minimum Gasteiger partial charge on any atom is -0.335 e. The molecule has 0 aliphatic rings. The molecule has 0 saturated carbocycles. The zero-order chi connectivity index (χ0) is 20.0. The van der Waals surface area contributed by atoms with Gasteiger partial charge in [-0.2, -0.15) is 0 Å². The van der Waals surface area contributed by atoms with E-state index in [2.05, 4.69) is 95.5 Å². The van der Waals surface area contributed by atoms with Gasteiger partial charge in [-0.05, 0) is 45.1 Å². The maximum atomic E-state index is 3.95. The molecule has 148 valence electrons. The van der Waals surface area contributed by atoms with Crippen molar-refractivity contribution in [3.05, 3.63) is 54.6 Å². The highest BCUT2D eigenvalue weighted by atomic mass is 15.3. The highest BCUT2D eigenvalue weighted by Crippen LogP contribution is 2.16. The molecule has 3 heteroatoms. The molecule has 2 unspecified atom stereocenters. The Morgan fingerprint density at radius 2 is 1.50 bits per heavy atom. The van der Waals surface area contributed by atoms with Gasteiger partial charge in [-0.3, -0.25) is 0 Å². The molecule has 0 radical (unpaired) electrons. The zero-order valence-electron chi connectivity index (χ0n) is 18.4. The molecule has 0 aliphatic carbocycles. The molecule has 0 N–H and O–H groups in total. The van der Waals surface area contributed by atoms with Crippen molar-refractivity contribution in [1.29, 1.82) is 0 Å². The summed E-state index contributed by atoms with van der Waals surface area (Å²) in [7, 11) is 4.47. The maximum Gasteiger partial charge on any atom is 0.0948 e. The number of rotatable bonds is 6. The van der Waals surface area contributed by atoms with Crippen molar-refractivity contribution < 1.29 is 4.48 Å². The van der Waals surface area contributed by atoms with Gasteiger partial charge >= 0.3 is 0 Å². The molecule has 2 aromatic rings. The van der Waals surface area contributed by atoms with Crippen LogP contribution in [-0.2, 0) is 0 Å². The summed E-state index contributed by atoms with van der Waals surface area (Å²) in [5.41, 5.74) is 1.45. The Bertz CT molecular complexity index is 526. The molecular formula is C23H42N3+. The number of benzene rings is 1. The minimum atomic E-state index is 0.590. The number of imidazole rings is 1. The summed E-state index contributed by atoms with van der Waals surface area (Å²) in [6.07, 6.45) is 8.05. The number of quaternary nitrogens is 1. The first-order valence-corrected chi connectivity index (χ1v) is 10.2. The van der Waals surface area contributed by atoms with Gasteiger partial charge in [-0.25, -0.2) is 4.98 Å². The number of aromatic nitrogens is 2.